The van der Waals surface area contributed by atoms with E-state index in [9.17, 15) is 9.90 Å². The quantitative estimate of drug-likeness (QED) is 0.936. The minimum absolute atomic E-state index is 0.129. The molecular formula is C18H22FN3O2. The van der Waals surface area contributed by atoms with Crippen LogP contribution in [0.1, 0.15) is 41.9 Å². The monoisotopic (exact) mass is 331 g/mol. The lowest BCUT2D eigenvalue weighted by atomic mass is 9.87. The fraction of sp³-hybridized carbons (Fsp3) is 0.444. The summed E-state index contributed by atoms with van der Waals surface area (Å²) in [6.07, 6.45) is 1.75. The van der Waals surface area contributed by atoms with E-state index in [-0.39, 0.29) is 25.0 Å². The number of amides is 1. The molecule has 5 nitrogen and oxygen atoms in total. The van der Waals surface area contributed by atoms with Crippen LogP contribution in [-0.4, -0.2) is 51.1 Å². The van der Waals surface area contributed by atoms with Crippen LogP contribution in [0.15, 0.2) is 42.6 Å². The first-order valence-corrected chi connectivity index (χ1v) is 8.14. The highest BCUT2D eigenvalue weighted by Crippen LogP contribution is 2.39. The molecule has 2 heterocycles. The van der Waals surface area contributed by atoms with E-state index in [2.05, 4.69) is 5.10 Å². The number of nitrogens with zero attached hydrogens (tertiary/aromatic N) is 3. The second-order valence-corrected chi connectivity index (χ2v) is 6.62. The van der Waals surface area contributed by atoms with Crippen LogP contribution in [0.3, 0.4) is 0 Å². The first kappa shape index (κ1) is 16.6. The molecule has 0 aliphatic carbocycles. The number of hydrogen-bond donors (Lipinski definition) is 1. The van der Waals surface area contributed by atoms with Crippen molar-refractivity contribution in [2.45, 2.75) is 31.5 Å². The molecule has 0 bridgehead atoms. The summed E-state index contributed by atoms with van der Waals surface area (Å²) in [4.78, 5) is 14.1. The number of rotatable bonds is 4. The van der Waals surface area contributed by atoms with Gasteiger partial charge in [-0.3, -0.25) is 9.48 Å². The molecule has 2 atom stereocenters. The summed E-state index contributed by atoms with van der Waals surface area (Å²) in [6, 6.07) is 11.0. The van der Waals surface area contributed by atoms with Crippen molar-refractivity contribution in [3.8, 4) is 0 Å². The van der Waals surface area contributed by atoms with Crippen LogP contribution in [0.25, 0.3) is 0 Å². The molecule has 24 heavy (non-hydrogen) atoms. The van der Waals surface area contributed by atoms with Crippen LogP contribution in [0, 0.1) is 0 Å². The second kappa shape index (κ2) is 6.36. The molecule has 1 aliphatic heterocycles. The van der Waals surface area contributed by atoms with Gasteiger partial charge in [-0.05, 0) is 25.5 Å². The highest BCUT2D eigenvalue weighted by molar-refractivity contribution is 5.92. The van der Waals surface area contributed by atoms with Crippen molar-refractivity contribution >= 4 is 5.91 Å². The molecule has 1 N–H and O–H groups in total. The Morgan fingerprint density at radius 3 is 2.67 bits per heavy atom. The Balaban J connectivity index is 1.84. The van der Waals surface area contributed by atoms with E-state index in [0.717, 1.165) is 5.56 Å². The second-order valence-electron chi connectivity index (χ2n) is 6.62. The van der Waals surface area contributed by atoms with Gasteiger partial charge in [0.25, 0.3) is 5.91 Å². The van der Waals surface area contributed by atoms with Gasteiger partial charge < -0.3 is 10.0 Å². The van der Waals surface area contributed by atoms with Gasteiger partial charge in [-0.25, -0.2) is 4.39 Å². The normalized spacial score (nSPS) is 23.9. The molecule has 3 rings (SSSR count). The van der Waals surface area contributed by atoms with Crippen molar-refractivity contribution in [2.24, 2.45) is 0 Å². The molecule has 1 aromatic heterocycles. The fourth-order valence-electron chi connectivity index (χ4n) is 3.18. The van der Waals surface area contributed by atoms with Gasteiger partial charge in [0.1, 0.15) is 5.69 Å². The standard InChI is InChI=1S/C18H22FN3O2/c1-13(2)22-9-8-16(20-22)17(24)21-10-15(18(19,11-21)12-23)14-6-4-3-5-7-14/h3-9,13,15,23H,10-12H2,1-2H3/t15-,18-/m1/s1. The lowest BCUT2D eigenvalue weighted by Crippen LogP contribution is -2.37. The smallest absolute Gasteiger partial charge is 0.274 e. The molecule has 1 fully saturated rings. The summed E-state index contributed by atoms with van der Waals surface area (Å²) in [5, 5.41) is 13.8. The number of aliphatic hydroxyl groups is 1. The van der Waals surface area contributed by atoms with Crippen molar-refractivity contribution in [1.82, 2.24) is 14.7 Å². The third-order valence-electron chi connectivity index (χ3n) is 4.59. The maximum Gasteiger partial charge on any atom is 0.274 e. The average molecular weight is 331 g/mol. The first-order valence-electron chi connectivity index (χ1n) is 8.14. The molecule has 128 valence electrons. The number of benzene rings is 1. The van der Waals surface area contributed by atoms with Gasteiger partial charge in [-0.15, -0.1) is 0 Å². The molecule has 1 aliphatic rings. The molecule has 0 radical (unpaired) electrons. The number of alkyl halides is 1. The van der Waals surface area contributed by atoms with E-state index in [1.165, 1.54) is 4.90 Å². The largest absolute Gasteiger partial charge is 0.393 e. The Kier molecular flexibility index (Phi) is 4.41. The Labute approximate surface area is 140 Å². The van der Waals surface area contributed by atoms with Crippen molar-refractivity contribution < 1.29 is 14.3 Å². The van der Waals surface area contributed by atoms with Crippen molar-refractivity contribution in [3.63, 3.8) is 0 Å². The zero-order valence-electron chi connectivity index (χ0n) is 13.9. The van der Waals surface area contributed by atoms with Gasteiger partial charge in [0, 0.05) is 24.7 Å². The number of carbonyl (C=O) groups excluding carboxylic acids is 1. The Morgan fingerprint density at radius 1 is 1.38 bits per heavy atom. The van der Waals surface area contributed by atoms with Crippen LogP contribution >= 0.6 is 0 Å². The summed E-state index contributed by atoms with van der Waals surface area (Å²) in [6.45, 7) is 3.43. The number of aromatic nitrogens is 2. The molecule has 6 heteroatoms. The van der Waals surface area contributed by atoms with Crippen LogP contribution in [0.2, 0.25) is 0 Å². The highest BCUT2D eigenvalue weighted by atomic mass is 19.1. The molecule has 0 unspecified atom stereocenters. The predicted octanol–water partition coefficient (Wildman–Crippen LogP) is 2.40. The van der Waals surface area contributed by atoms with Gasteiger partial charge in [0.05, 0.1) is 13.2 Å². The van der Waals surface area contributed by atoms with Crippen LogP contribution in [0.4, 0.5) is 4.39 Å². The molecule has 0 spiro atoms. The van der Waals surface area contributed by atoms with E-state index >= 15 is 4.39 Å². The van der Waals surface area contributed by atoms with Crippen molar-refractivity contribution in [1.29, 1.82) is 0 Å². The molecule has 1 saturated heterocycles. The van der Waals surface area contributed by atoms with E-state index in [1.807, 2.05) is 44.2 Å². The first-order chi connectivity index (χ1) is 11.4. The zero-order chi connectivity index (χ0) is 17.3. The zero-order valence-corrected chi connectivity index (χ0v) is 13.9. The maximum absolute atomic E-state index is 15.2. The third-order valence-corrected chi connectivity index (χ3v) is 4.59. The Morgan fingerprint density at radius 2 is 2.08 bits per heavy atom. The minimum Gasteiger partial charge on any atom is -0.393 e. The van der Waals surface area contributed by atoms with Crippen molar-refractivity contribution in [3.05, 3.63) is 53.9 Å². The maximum atomic E-state index is 15.2. The topological polar surface area (TPSA) is 58.4 Å². The molecule has 0 saturated carbocycles. The lowest BCUT2D eigenvalue weighted by molar-refractivity contribution is 0.0572. The Hall–Kier alpha value is -2.21. The minimum atomic E-state index is -1.84. The van der Waals surface area contributed by atoms with Gasteiger partial charge in [0.15, 0.2) is 5.67 Å². The predicted molar refractivity (Wildman–Crippen MR) is 88.6 cm³/mol. The van der Waals surface area contributed by atoms with Crippen LogP contribution in [0.5, 0.6) is 0 Å². The number of halogens is 1. The number of likely N-dealkylation sites (tertiary alicyclic amines) is 1. The summed E-state index contributed by atoms with van der Waals surface area (Å²) in [7, 11) is 0. The summed E-state index contributed by atoms with van der Waals surface area (Å²) in [5.74, 6) is -0.844. The SMILES string of the molecule is CC(C)n1ccc(C(=O)N2C[C@H](c3ccccc3)[C@](F)(CO)C2)n1. The summed E-state index contributed by atoms with van der Waals surface area (Å²) < 4.78 is 16.9. The molecule has 1 amide bonds. The number of carbonyl (C=O) groups is 1. The van der Waals surface area contributed by atoms with Gasteiger partial charge in [-0.1, -0.05) is 30.3 Å². The van der Waals surface area contributed by atoms with Gasteiger partial charge in [-0.2, -0.15) is 5.10 Å². The highest BCUT2D eigenvalue weighted by Gasteiger charge is 2.49. The van der Waals surface area contributed by atoms with E-state index < -0.39 is 18.2 Å². The molecule has 2 aromatic rings. The molecule has 1 aromatic carbocycles. The third kappa shape index (κ3) is 2.94. The fourth-order valence-corrected chi connectivity index (χ4v) is 3.18. The van der Waals surface area contributed by atoms with Crippen molar-refractivity contribution in [2.75, 3.05) is 19.7 Å². The van der Waals surface area contributed by atoms with Crippen LogP contribution < -0.4 is 0 Å². The van der Waals surface area contributed by atoms with Crippen LogP contribution in [-0.2, 0) is 0 Å². The number of aliphatic hydroxyl groups excluding tert-OH is 1. The Bertz CT molecular complexity index is 716. The average Bonchev–Trinajstić information content (AvgIpc) is 3.20. The van der Waals surface area contributed by atoms with E-state index in [4.69, 9.17) is 0 Å². The van der Waals surface area contributed by atoms with Gasteiger partial charge >= 0.3 is 0 Å². The van der Waals surface area contributed by atoms with E-state index in [0.29, 0.717) is 5.69 Å². The number of hydrogen-bond acceptors (Lipinski definition) is 3. The summed E-state index contributed by atoms with van der Waals surface area (Å²) >= 11 is 0. The van der Waals surface area contributed by atoms with Gasteiger partial charge in [0.2, 0.25) is 0 Å². The van der Waals surface area contributed by atoms with E-state index in [1.54, 1.807) is 16.9 Å². The summed E-state index contributed by atoms with van der Waals surface area (Å²) in [5.41, 5.74) is -0.743. The molecular weight excluding hydrogens is 309 g/mol. The lowest BCUT2D eigenvalue weighted by Gasteiger charge is -2.23.